The van der Waals surface area contributed by atoms with Gasteiger partial charge in [-0.05, 0) is 51.1 Å². The molecule has 0 aliphatic rings. The molecule has 0 saturated heterocycles. The second-order valence-electron chi connectivity index (χ2n) is 5.93. The van der Waals surface area contributed by atoms with Crippen LogP contribution in [0.15, 0.2) is 42.5 Å². The number of rotatable bonds is 5. The molecule has 0 spiro atoms. The van der Waals surface area contributed by atoms with Crippen LogP contribution in [0.4, 0.5) is 8.78 Å². The van der Waals surface area contributed by atoms with E-state index in [-0.39, 0.29) is 5.56 Å². The summed E-state index contributed by atoms with van der Waals surface area (Å²) < 4.78 is 32.5. The van der Waals surface area contributed by atoms with Gasteiger partial charge in [0.05, 0.1) is 6.04 Å². The third-order valence-electron chi connectivity index (χ3n) is 3.51. The van der Waals surface area contributed by atoms with Gasteiger partial charge in [-0.3, -0.25) is 4.79 Å². The highest BCUT2D eigenvalue weighted by atomic mass is 35.5. The molecule has 0 radical (unpaired) electrons. The summed E-state index contributed by atoms with van der Waals surface area (Å²) in [4.78, 5) is 12.4. The van der Waals surface area contributed by atoms with Crippen LogP contribution in [-0.2, 0) is 4.79 Å². The number of hydrogen-bond donors (Lipinski definition) is 1. The van der Waals surface area contributed by atoms with Crippen LogP contribution in [0.1, 0.15) is 32.4 Å². The van der Waals surface area contributed by atoms with Crippen LogP contribution in [0.5, 0.6) is 5.75 Å². The van der Waals surface area contributed by atoms with Crippen molar-refractivity contribution in [1.29, 1.82) is 0 Å². The first-order chi connectivity index (χ1) is 11.2. The van der Waals surface area contributed by atoms with Crippen molar-refractivity contribution in [2.45, 2.75) is 32.4 Å². The lowest BCUT2D eigenvalue weighted by molar-refractivity contribution is -0.134. The van der Waals surface area contributed by atoms with Gasteiger partial charge in [-0.1, -0.05) is 17.7 Å². The van der Waals surface area contributed by atoms with Gasteiger partial charge in [0.15, 0.2) is 5.60 Å². The number of benzene rings is 2. The van der Waals surface area contributed by atoms with Crippen molar-refractivity contribution in [3.8, 4) is 5.75 Å². The van der Waals surface area contributed by atoms with Crippen molar-refractivity contribution < 1.29 is 18.3 Å². The molecule has 0 fully saturated rings. The Bertz CT molecular complexity index is 732. The zero-order valence-electron chi connectivity index (χ0n) is 13.6. The molecule has 1 amide bonds. The lowest BCUT2D eigenvalue weighted by Gasteiger charge is -2.27. The maximum atomic E-state index is 13.8. The maximum Gasteiger partial charge on any atom is 0.264 e. The molecule has 1 atom stereocenters. The minimum Gasteiger partial charge on any atom is -0.478 e. The number of hydrogen-bond acceptors (Lipinski definition) is 2. The van der Waals surface area contributed by atoms with Crippen LogP contribution in [0.3, 0.4) is 0 Å². The van der Waals surface area contributed by atoms with E-state index >= 15 is 0 Å². The molecule has 1 N–H and O–H groups in total. The van der Waals surface area contributed by atoms with Gasteiger partial charge in [0.2, 0.25) is 0 Å². The van der Waals surface area contributed by atoms with Gasteiger partial charge in [-0.25, -0.2) is 8.78 Å². The largest absolute Gasteiger partial charge is 0.478 e. The van der Waals surface area contributed by atoms with Crippen LogP contribution in [0, 0.1) is 11.6 Å². The predicted molar refractivity (Wildman–Crippen MR) is 89.1 cm³/mol. The molecule has 0 aromatic heterocycles. The van der Waals surface area contributed by atoms with Gasteiger partial charge < -0.3 is 10.1 Å². The fourth-order valence-corrected chi connectivity index (χ4v) is 2.27. The molecule has 2 aromatic carbocycles. The maximum absolute atomic E-state index is 13.8. The number of halogens is 3. The Morgan fingerprint density at radius 3 is 2.38 bits per heavy atom. The Balaban J connectivity index is 2.07. The van der Waals surface area contributed by atoms with Crippen molar-refractivity contribution in [1.82, 2.24) is 5.32 Å². The smallest absolute Gasteiger partial charge is 0.264 e. The average Bonchev–Trinajstić information content (AvgIpc) is 2.49. The van der Waals surface area contributed by atoms with Crippen LogP contribution in [0.2, 0.25) is 5.02 Å². The van der Waals surface area contributed by atoms with Crippen molar-refractivity contribution in [3.63, 3.8) is 0 Å². The molecule has 0 heterocycles. The summed E-state index contributed by atoms with van der Waals surface area (Å²) in [6, 6.07) is 9.22. The zero-order chi connectivity index (χ0) is 17.9. The van der Waals surface area contributed by atoms with E-state index in [0.717, 1.165) is 12.1 Å². The Morgan fingerprint density at radius 2 is 1.79 bits per heavy atom. The van der Waals surface area contributed by atoms with E-state index < -0.39 is 29.2 Å². The van der Waals surface area contributed by atoms with Crippen LogP contribution in [-0.4, -0.2) is 11.5 Å². The quantitative estimate of drug-likeness (QED) is 0.849. The summed E-state index contributed by atoms with van der Waals surface area (Å²) in [6.07, 6.45) is 0. The Hall–Kier alpha value is -2.14. The first-order valence-corrected chi connectivity index (χ1v) is 7.77. The zero-order valence-corrected chi connectivity index (χ0v) is 14.3. The lowest BCUT2D eigenvalue weighted by Crippen LogP contribution is -2.47. The molecule has 0 aliphatic carbocycles. The van der Waals surface area contributed by atoms with Crippen LogP contribution >= 0.6 is 11.6 Å². The first-order valence-electron chi connectivity index (χ1n) is 7.39. The molecular weight excluding hydrogens is 336 g/mol. The van der Waals surface area contributed by atoms with Gasteiger partial charge in [-0.2, -0.15) is 0 Å². The van der Waals surface area contributed by atoms with E-state index in [4.69, 9.17) is 16.3 Å². The summed E-state index contributed by atoms with van der Waals surface area (Å²) in [7, 11) is 0. The summed E-state index contributed by atoms with van der Waals surface area (Å²) in [6.45, 7) is 4.82. The standard InChI is InChI=1S/C18H18ClF2NO2/c1-11(15-9-6-13(20)10-16(15)21)22-17(23)18(2,3)24-14-7-4-12(19)5-8-14/h4-11H,1-3H3,(H,22,23). The average molecular weight is 354 g/mol. The summed E-state index contributed by atoms with van der Waals surface area (Å²) in [5.41, 5.74) is -0.981. The molecular formula is C18H18ClF2NO2. The highest BCUT2D eigenvalue weighted by Crippen LogP contribution is 2.23. The van der Waals surface area contributed by atoms with Crippen LogP contribution < -0.4 is 10.1 Å². The van der Waals surface area contributed by atoms with E-state index in [0.29, 0.717) is 10.8 Å². The molecule has 0 aliphatic heterocycles. The molecule has 2 rings (SSSR count). The van der Waals surface area contributed by atoms with Gasteiger partial charge >= 0.3 is 0 Å². The van der Waals surface area contributed by atoms with E-state index in [1.54, 1.807) is 45.0 Å². The SMILES string of the molecule is CC(NC(=O)C(C)(C)Oc1ccc(Cl)cc1)c1ccc(F)cc1F. The molecule has 2 aromatic rings. The summed E-state index contributed by atoms with van der Waals surface area (Å²) in [5, 5.41) is 3.24. The fourth-order valence-electron chi connectivity index (χ4n) is 2.14. The van der Waals surface area contributed by atoms with E-state index in [2.05, 4.69) is 5.32 Å². The van der Waals surface area contributed by atoms with Gasteiger partial charge in [-0.15, -0.1) is 0 Å². The van der Waals surface area contributed by atoms with Crippen molar-refractivity contribution in [2.75, 3.05) is 0 Å². The summed E-state index contributed by atoms with van der Waals surface area (Å²) >= 11 is 5.81. The van der Waals surface area contributed by atoms with Crippen molar-refractivity contribution in [2.24, 2.45) is 0 Å². The van der Waals surface area contributed by atoms with Gasteiger partial charge in [0.25, 0.3) is 5.91 Å². The third kappa shape index (κ3) is 4.45. The Kier molecular flexibility index (Phi) is 5.44. The molecule has 24 heavy (non-hydrogen) atoms. The Morgan fingerprint density at radius 1 is 1.17 bits per heavy atom. The fraction of sp³-hybridized carbons (Fsp3) is 0.278. The minimum absolute atomic E-state index is 0.201. The molecule has 128 valence electrons. The van der Waals surface area contributed by atoms with E-state index in [9.17, 15) is 13.6 Å². The molecule has 1 unspecified atom stereocenters. The molecule has 6 heteroatoms. The topological polar surface area (TPSA) is 38.3 Å². The molecule has 0 bridgehead atoms. The van der Waals surface area contributed by atoms with Gasteiger partial charge in [0, 0.05) is 16.7 Å². The van der Waals surface area contributed by atoms with Gasteiger partial charge in [0.1, 0.15) is 17.4 Å². The van der Waals surface area contributed by atoms with Crippen molar-refractivity contribution >= 4 is 17.5 Å². The molecule has 3 nitrogen and oxygen atoms in total. The highest BCUT2D eigenvalue weighted by molar-refractivity contribution is 6.30. The van der Waals surface area contributed by atoms with E-state index in [1.807, 2.05) is 0 Å². The Labute approximate surface area is 144 Å². The highest BCUT2D eigenvalue weighted by Gasteiger charge is 2.31. The lowest BCUT2D eigenvalue weighted by atomic mass is 10.0. The molecule has 0 saturated carbocycles. The second-order valence-corrected chi connectivity index (χ2v) is 6.36. The van der Waals surface area contributed by atoms with E-state index in [1.165, 1.54) is 6.07 Å². The minimum atomic E-state index is -1.18. The predicted octanol–water partition coefficient (Wildman–Crippen LogP) is 4.65. The first kappa shape index (κ1) is 18.2. The normalized spacial score (nSPS) is 12.6. The number of carbonyl (C=O) groups excluding carboxylic acids is 1. The van der Waals surface area contributed by atoms with Crippen molar-refractivity contribution in [3.05, 3.63) is 64.7 Å². The number of carbonyl (C=O) groups is 1. The van der Waals surface area contributed by atoms with Crippen LogP contribution in [0.25, 0.3) is 0 Å². The number of ether oxygens (including phenoxy) is 1. The number of nitrogens with one attached hydrogen (secondary N) is 1. The number of amides is 1. The second kappa shape index (κ2) is 7.18. The summed E-state index contributed by atoms with van der Waals surface area (Å²) in [5.74, 6) is -1.31. The third-order valence-corrected chi connectivity index (χ3v) is 3.76. The monoisotopic (exact) mass is 353 g/mol.